The summed E-state index contributed by atoms with van der Waals surface area (Å²) in [6.45, 7) is 5.77. The van der Waals surface area contributed by atoms with Gasteiger partial charge in [0.15, 0.2) is 0 Å². The Balaban J connectivity index is 1.09. The highest BCUT2D eigenvalue weighted by atomic mass is 16.2. The first-order valence-corrected chi connectivity index (χ1v) is 15.8. The van der Waals surface area contributed by atoms with Gasteiger partial charge in [0, 0.05) is 38.3 Å². The van der Waals surface area contributed by atoms with Gasteiger partial charge < -0.3 is 20.4 Å². The van der Waals surface area contributed by atoms with Crippen molar-refractivity contribution in [2.45, 2.75) is 63.5 Å². The molecule has 7 heteroatoms. The maximum Gasteiger partial charge on any atom is 0.251 e. The second-order valence-corrected chi connectivity index (χ2v) is 11.8. The average molecular weight is 581 g/mol. The smallest absolute Gasteiger partial charge is 0.251 e. The molecule has 5 rings (SSSR count). The lowest BCUT2D eigenvalue weighted by molar-refractivity contribution is -0.161. The highest BCUT2D eigenvalue weighted by molar-refractivity contribution is 6.00. The second kappa shape index (κ2) is 14.5. The molecule has 2 fully saturated rings. The Morgan fingerprint density at radius 1 is 0.884 bits per heavy atom. The molecule has 1 atom stereocenters. The van der Waals surface area contributed by atoms with Crippen LogP contribution in [0.2, 0.25) is 0 Å². The molecule has 0 radical (unpaired) electrons. The third-order valence-electron chi connectivity index (χ3n) is 8.94. The quantitative estimate of drug-likeness (QED) is 0.293. The Kier molecular flexibility index (Phi) is 10.3. The lowest BCUT2D eigenvalue weighted by Crippen LogP contribution is -2.72. The van der Waals surface area contributed by atoms with Crippen LogP contribution in [0.15, 0.2) is 84.9 Å². The van der Waals surface area contributed by atoms with Gasteiger partial charge in [-0.2, -0.15) is 0 Å². The van der Waals surface area contributed by atoms with Crippen molar-refractivity contribution in [1.29, 1.82) is 0 Å². The Hall–Kier alpha value is -3.97. The second-order valence-electron chi connectivity index (χ2n) is 11.8. The topological polar surface area (TPSA) is 81.8 Å². The number of hydrogen-bond donors (Lipinski definition) is 2. The summed E-state index contributed by atoms with van der Waals surface area (Å²) in [5, 5.41) is 6.11. The minimum Gasteiger partial charge on any atom is -0.352 e. The lowest BCUT2D eigenvalue weighted by Gasteiger charge is -2.51. The number of nitrogens with one attached hydrogen (secondary N) is 2. The zero-order chi connectivity index (χ0) is 30.1. The van der Waals surface area contributed by atoms with Gasteiger partial charge in [0.25, 0.3) is 5.91 Å². The van der Waals surface area contributed by atoms with E-state index < -0.39 is 11.6 Å². The summed E-state index contributed by atoms with van der Waals surface area (Å²) < 4.78 is 0. The van der Waals surface area contributed by atoms with Gasteiger partial charge in [-0.15, -0.1) is 0 Å². The van der Waals surface area contributed by atoms with Crippen LogP contribution in [0.3, 0.4) is 0 Å². The molecule has 2 aliphatic heterocycles. The van der Waals surface area contributed by atoms with E-state index in [1.54, 1.807) is 0 Å². The maximum atomic E-state index is 13.7. The molecular formula is C36H44N4O3. The SMILES string of the molecule is CCCN1C(=O)[C@H](CCCCNC(=O)c2cccc(-c3ccccc3)c2)NC(=O)C12CCN(CCc1ccccc1)CC2. The van der Waals surface area contributed by atoms with E-state index >= 15 is 0 Å². The number of carbonyl (C=O) groups excluding carboxylic acids is 3. The van der Waals surface area contributed by atoms with Crippen molar-refractivity contribution in [2.75, 3.05) is 32.7 Å². The van der Waals surface area contributed by atoms with E-state index in [1.165, 1.54) is 5.56 Å². The van der Waals surface area contributed by atoms with Crippen LogP contribution in [0.25, 0.3) is 11.1 Å². The van der Waals surface area contributed by atoms with Gasteiger partial charge in [-0.3, -0.25) is 14.4 Å². The van der Waals surface area contributed by atoms with E-state index in [9.17, 15) is 14.4 Å². The molecule has 2 saturated heterocycles. The molecule has 0 unspecified atom stereocenters. The molecule has 2 aliphatic rings. The summed E-state index contributed by atoms with van der Waals surface area (Å²) in [6, 6.07) is 27.6. The van der Waals surface area contributed by atoms with E-state index in [4.69, 9.17) is 0 Å². The summed E-state index contributed by atoms with van der Waals surface area (Å²) in [6.07, 6.45) is 5.19. The van der Waals surface area contributed by atoms with Crippen LogP contribution < -0.4 is 10.6 Å². The number of unbranched alkanes of at least 4 members (excludes halogenated alkanes) is 1. The van der Waals surface area contributed by atoms with Crippen molar-refractivity contribution in [1.82, 2.24) is 20.4 Å². The number of carbonyl (C=O) groups is 3. The number of rotatable bonds is 12. The minimum atomic E-state index is -0.741. The van der Waals surface area contributed by atoms with Crippen LogP contribution in [-0.4, -0.2) is 71.8 Å². The van der Waals surface area contributed by atoms with E-state index in [0.29, 0.717) is 37.9 Å². The van der Waals surface area contributed by atoms with E-state index in [2.05, 4.69) is 46.7 Å². The molecule has 2 N–H and O–H groups in total. The number of nitrogens with zero attached hydrogens (tertiary/aromatic N) is 2. The molecule has 7 nitrogen and oxygen atoms in total. The Labute approximate surface area is 255 Å². The van der Waals surface area contributed by atoms with Crippen LogP contribution in [0.1, 0.15) is 61.4 Å². The molecule has 43 heavy (non-hydrogen) atoms. The first-order valence-electron chi connectivity index (χ1n) is 15.8. The van der Waals surface area contributed by atoms with E-state index in [1.807, 2.05) is 65.6 Å². The fourth-order valence-corrected chi connectivity index (χ4v) is 6.44. The molecule has 0 saturated carbocycles. The van der Waals surface area contributed by atoms with E-state index in [0.717, 1.165) is 56.4 Å². The molecule has 226 valence electrons. The predicted molar refractivity (Wildman–Crippen MR) is 171 cm³/mol. The van der Waals surface area contributed by atoms with Crippen molar-refractivity contribution in [3.63, 3.8) is 0 Å². The van der Waals surface area contributed by atoms with Gasteiger partial charge in [0.2, 0.25) is 11.8 Å². The first-order chi connectivity index (χ1) is 21.0. The highest BCUT2D eigenvalue weighted by Gasteiger charge is 2.52. The molecule has 0 aliphatic carbocycles. The van der Waals surface area contributed by atoms with Gasteiger partial charge in [-0.05, 0) is 73.8 Å². The third-order valence-corrected chi connectivity index (χ3v) is 8.94. The number of benzene rings is 3. The van der Waals surface area contributed by atoms with Gasteiger partial charge in [-0.1, -0.05) is 79.7 Å². The molecule has 2 heterocycles. The molecule has 1 spiro atoms. The largest absolute Gasteiger partial charge is 0.352 e. The Morgan fingerprint density at radius 3 is 2.30 bits per heavy atom. The summed E-state index contributed by atoms with van der Waals surface area (Å²) in [7, 11) is 0. The predicted octanol–water partition coefficient (Wildman–Crippen LogP) is 5.07. The molecule has 3 aromatic carbocycles. The number of hydrogen-bond acceptors (Lipinski definition) is 4. The Morgan fingerprint density at radius 2 is 1.58 bits per heavy atom. The van der Waals surface area contributed by atoms with Crippen LogP contribution in [0.5, 0.6) is 0 Å². The number of piperazine rings is 1. The summed E-state index contributed by atoms with van der Waals surface area (Å²) >= 11 is 0. The van der Waals surface area contributed by atoms with Crippen molar-refractivity contribution in [3.8, 4) is 11.1 Å². The number of amides is 3. The minimum absolute atomic E-state index is 0.000130. The molecule has 0 aromatic heterocycles. The monoisotopic (exact) mass is 580 g/mol. The average Bonchev–Trinajstić information content (AvgIpc) is 3.05. The number of piperidine rings is 1. The fourth-order valence-electron chi connectivity index (χ4n) is 6.44. The van der Waals surface area contributed by atoms with E-state index in [-0.39, 0.29) is 17.7 Å². The summed E-state index contributed by atoms with van der Waals surface area (Å²) in [5.41, 5.74) is 3.29. The summed E-state index contributed by atoms with van der Waals surface area (Å²) in [4.78, 5) is 44.3. The van der Waals surface area contributed by atoms with Crippen LogP contribution in [0, 0.1) is 0 Å². The third kappa shape index (κ3) is 7.34. The first kappa shape index (κ1) is 30.5. The van der Waals surface area contributed by atoms with Crippen molar-refractivity contribution in [3.05, 3.63) is 96.1 Å². The molecular weight excluding hydrogens is 536 g/mol. The van der Waals surface area contributed by atoms with Gasteiger partial charge in [0.05, 0.1) is 0 Å². The normalized spacial score (nSPS) is 18.4. The highest BCUT2D eigenvalue weighted by Crippen LogP contribution is 2.34. The van der Waals surface area contributed by atoms with Gasteiger partial charge in [0.1, 0.15) is 11.6 Å². The Bertz CT molecular complexity index is 1370. The maximum absolute atomic E-state index is 13.7. The zero-order valence-corrected chi connectivity index (χ0v) is 25.3. The van der Waals surface area contributed by atoms with Crippen molar-refractivity contribution in [2.24, 2.45) is 0 Å². The number of likely N-dealkylation sites (tertiary alicyclic amines) is 1. The van der Waals surface area contributed by atoms with Crippen LogP contribution in [-0.2, 0) is 16.0 Å². The van der Waals surface area contributed by atoms with Gasteiger partial charge >= 0.3 is 0 Å². The van der Waals surface area contributed by atoms with Gasteiger partial charge in [-0.25, -0.2) is 0 Å². The molecule has 3 aromatic rings. The standard InChI is InChI=1S/C36H44N4O3/c1-2-23-40-34(42)32(38-35(43)36(40)20-25-39(26-21-36)24-19-28-12-5-3-6-13-28)18-9-10-22-37-33(41)31-17-11-16-30(27-31)29-14-7-4-8-15-29/h3-8,11-17,27,32H,2,9-10,18-26H2,1H3,(H,37,41)(H,38,43)/t32-/m0/s1. The van der Waals surface area contributed by atoms with Crippen molar-refractivity contribution >= 4 is 17.7 Å². The van der Waals surface area contributed by atoms with Crippen LogP contribution >= 0.6 is 0 Å². The van der Waals surface area contributed by atoms with Crippen molar-refractivity contribution < 1.29 is 14.4 Å². The zero-order valence-electron chi connectivity index (χ0n) is 25.3. The lowest BCUT2D eigenvalue weighted by atomic mass is 9.81. The van der Waals surface area contributed by atoms with Crippen LogP contribution in [0.4, 0.5) is 0 Å². The molecule has 3 amide bonds. The summed E-state index contributed by atoms with van der Waals surface area (Å²) in [5.74, 6) is -0.0631. The fraction of sp³-hybridized carbons (Fsp3) is 0.417. The molecule has 0 bridgehead atoms.